The second-order valence-electron chi connectivity index (χ2n) is 6.79. The first-order valence-electron chi connectivity index (χ1n) is 7.60. The Kier molecular flexibility index (Phi) is 3.46. The van der Waals surface area contributed by atoms with Gasteiger partial charge in [-0.15, -0.1) is 0 Å². The monoisotopic (exact) mass is 286 g/mol. The number of nitrogens with two attached hydrogens (primary N) is 2. The Labute approximate surface area is 124 Å². The first-order chi connectivity index (χ1) is 9.94. The zero-order valence-electron chi connectivity index (χ0n) is 12.2. The van der Waals surface area contributed by atoms with E-state index in [0.717, 1.165) is 19.3 Å². The van der Waals surface area contributed by atoms with Gasteiger partial charge in [0.25, 0.3) is 0 Å². The number of rotatable bonds is 2. The molecule has 2 fully saturated rings. The highest BCUT2D eigenvalue weighted by Crippen LogP contribution is 2.47. The Bertz CT molecular complexity index is 559. The van der Waals surface area contributed by atoms with Gasteiger partial charge in [-0.05, 0) is 37.7 Å². The number of ketones is 2. The van der Waals surface area contributed by atoms with Crippen molar-refractivity contribution in [1.29, 1.82) is 0 Å². The van der Waals surface area contributed by atoms with Gasteiger partial charge >= 0.3 is 0 Å². The first kappa shape index (κ1) is 14.4. The fourth-order valence-electron chi connectivity index (χ4n) is 3.84. The minimum absolute atomic E-state index is 0.0609. The molecule has 3 rings (SSSR count). The number of benzene rings is 1. The lowest BCUT2D eigenvalue weighted by Crippen LogP contribution is -2.50. The van der Waals surface area contributed by atoms with Crippen LogP contribution in [0.5, 0.6) is 0 Å². The van der Waals surface area contributed by atoms with Crippen LogP contribution in [-0.2, 0) is 16.0 Å². The molecule has 4 N–H and O–H groups in total. The second kappa shape index (κ2) is 5.04. The fraction of sp³-hybridized carbons (Fsp3) is 0.529. The van der Waals surface area contributed by atoms with Gasteiger partial charge in [0.2, 0.25) is 0 Å². The molecule has 0 bridgehead atoms. The van der Waals surface area contributed by atoms with Gasteiger partial charge in [-0.1, -0.05) is 30.3 Å². The summed E-state index contributed by atoms with van der Waals surface area (Å²) in [6.45, 7) is 0. The van der Waals surface area contributed by atoms with Crippen molar-refractivity contribution < 1.29 is 9.59 Å². The highest BCUT2D eigenvalue weighted by molar-refractivity contribution is 6.15. The third-order valence-electron chi connectivity index (χ3n) is 5.27. The van der Waals surface area contributed by atoms with Crippen molar-refractivity contribution in [2.45, 2.75) is 50.1 Å². The van der Waals surface area contributed by atoms with Gasteiger partial charge in [-0.3, -0.25) is 9.59 Å². The number of hydrogen-bond acceptors (Lipinski definition) is 4. The predicted molar refractivity (Wildman–Crippen MR) is 80.6 cm³/mol. The minimum atomic E-state index is -0.899. The van der Waals surface area contributed by atoms with E-state index in [4.69, 9.17) is 11.5 Å². The normalized spacial score (nSPS) is 36.4. The molecule has 0 aromatic heterocycles. The molecule has 1 aromatic rings. The van der Waals surface area contributed by atoms with Crippen LogP contribution >= 0.6 is 0 Å². The maximum absolute atomic E-state index is 12.3. The molecule has 0 amide bonds. The maximum atomic E-state index is 12.3. The molecule has 2 aliphatic rings. The van der Waals surface area contributed by atoms with Gasteiger partial charge in [0, 0.05) is 17.4 Å². The van der Waals surface area contributed by atoms with E-state index < -0.39 is 11.5 Å². The molecule has 0 aliphatic heterocycles. The first-order valence-corrected chi connectivity index (χ1v) is 7.60. The quantitative estimate of drug-likeness (QED) is 0.804. The molecule has 1 spiro atoms. The summed E-state index contributed by atoms with van der Waals surface area (Å²) < 4.78 is 0. The predicted octanol–water partition coefficient (Wildman–Crippen LogP) is 1.36. The standard InChI is InChI=1S/C17H22N2O2/c18-14-13(20)11-16(15(14)21)6-8-17(19,9-7-16)10-12-4-2-1-3-5-12/h1-5,14H,6-11,18-19H2. The zero-order chi connectivity index (χ0) is 15.1. The molecule has 112 valence electrons. The largest absolute Gasteiger partial charge is 0.325 e. The van der Waals surface area contributed by atoms with E-state index in [1.54, 1.807) is 0 Å². The van der Waals surface area contributed by atoms with Crippen LogP contribution in [0.15, 0.2) is 30.3 Å². The molecule has 4 heteroatoms. The van der Waals surface area contributed by atoms with Crippen LogP contribution in [0, 0.1) is 5.41 Å². The van der Waals surface area contributed by atoms with Crippen LogP contribution in [0.3, 0.4) is 0 Å². The van der Waals surface area contributed by atoms with Crippen molar-refractivity contribution in [2.75, 3.05) is 0 Å². The molecule has 1 atom stereocenters. The van der Waals surface area contributed by atoms with Crippen LogP contribution in [-0.4, -0.2) is 23.1 Å². The van der Waals surface area contributed by atoms with E-state index in [1.807, 2.05) is 18.2 Å². The molecule has 4 nitrogen and oxygen atoms in total. The van der Waals surface area contributed by atoms with Crippen LogP contribution < -0.4 is 11.5 Å². The van der Waals surface area contributed by atoms with E-state index in [2.05, 4.69) is 12.1 Å². The van der Waals surface area contributed by atoms with Crippen molar-refractivity contribution >= 4 is 11.6 Å². The van der Waals surface area contributed by atoms with Crippen molar-refractivity contribution in [3.63, 3.8) is 0 Å². The van der Waals surface area contributed by atoms with Crippen LogP contribution in [0.2, 0.25) is 0 Å². The van der Waals surface area contributed by atoms with E-state index in [1.165, 1.54) is 5.56 Å². The second-order valence-corrected chi connectivity index (χ2v) is 6.79. The zero-order valence-corrected chi connectivity index (χ0v) is 12.2. The summed E-state index contributed by atoms with van der Waals surface area (Å²) in [7, 11) is 0. The summed E-state index contributed by atoms with van der Waals surface area (Å²) in [5, 5.41) is 0. The highest BCUT2D eigenvalue weighted by atomic mass is 16.2. The number of carbonyl (C=O) groups excluding carboxylic acids is 2. The number of Topliss-reactive ketones (excluding diaryl/α,β-unsaturated/α-hetero) is 2. The molecule has 1 aromatic carbocycles. The van der Waals surface area contributed by atoms with Crippen LogP contribution in [0.4, 0.5) is 0 Å². The van der Waals surface area contributed by atoms with Crippen molar-refractivity contribution in [2.24, 2.45) is 16.9 Å². The van der Waals surface area contributed by atoms with Gasteiger partial charge < -0.3 is 11.5 Å². The van der Waals surface area contributed by atoms with Gasteiger partial charge in [-0.25, -0.2) is 0 Å². The Morgan fingerprint density at radius 2 is 1.67 bits per heavy atom. The molecule has 0 heterocycles. The average molecular weight is 286 g/mol. The average Bonchev–Trinajstić information content (AvgIpc) is 2.69. The summed E-state index contributed by atoms with van der Waals surface area (Å²) in [6, 6.07) is 9.29. The van der Waals surface area contributed by atoms with E-state index in [0.29, 0.717) is 19.3 Å². The third-order valence-corrected chi connectivity index (χ3v) is 5.27. The lowest BCUT2D eigenvalue weighted by Gasteiger charge is -2.42. The van der Waals surface area contributed by atoms with Gasteiger partial charge in [0.15, 0.2) is 11.6 Å². The summed E-state index contributed by atoms with van der Waals surface area (Å²) in [5.74, 6) is -0.165. The van der Waals surface area contributed by atoms with Gasteiger partial charge in [0.1, 0.15) is 6.04 Å². The van der Waals surface area contributed by atoms with E-state index >= 15 is 0 Å². The van der Waals surface area contributed by atoms with Crippen LogP contribution in [0.1, 0.15) is 37.7 Å². The molecule has 21 heavy (non-hydrogen) atoms. The Hall–Kier alpha value is -1.52. The third kappa shape index (κ3) is 2.54. The van der Waals surface area contributed by atoms with E-state index in [-0.39, 0.29) is 17.1 Å². The molecular formula is C17H22N2O2. The summed E-state index contributed by atoms with van der Waals surface area (Å²) >= 11 is 0. The molecule has 2 saturated carbocycles. The van der Waals surface area contributed by atoms with Gasteiger partial charge in [-0.2, -0.15) is 0 Å². The molecule has 2 aliphatic carbocycles. The Morgan fingerprint density at radius 3 is 2.19 bits per heavy atom. The maximum Gasteiger partial charge on any atom is 0.163 e. The molecule has 0 radical (unpaired) electrons. The molecule has 0 saturated heterocycles. The summed E-state index contributed by atoms with van der Waals surface area (Å²) in [6.07, 6.45) is 4.05. The van der Waals surface area contributed by atoms with E-state index in [9.17, 15) is 9.59 Å². The summed E-state index contributed by atoms with van der Waals surface area (Å²) in [5.41, 5.74) is 12.6. The topological polar surface area (TPSA) is 86.2 Å². The van der Waals surface area contributed by atoms with Gasteiger partial charge in [0.05, 0.1) is 0 Å². The molecular weight excluding hydrogens is 264 g/mol. The van der Waals surface area contributed by atoms with Crippen molar-refractivity contribution in [3.8, 4) is 0 Å². The number of carbonyl (C=O) groups is 2. The Morgan fingerprint density at radius 1 is 1.05 bits per heavy atom. The summed E-state index contributed by atoms with van der Waals surface area (Å²) in [4.78, 5) is 24.0. The Balaban J connectivity index is 1.70. The smallest absolute Gasteiger partial charge is 0.163 e. The fourth-order valence-corrected chi connectivity index (χ4v) is 3.84. The van der Waals surface area contributed by atoms with Crippen molar-refractivity contribution in [3.05, 3.63) is 35.9 Å². The highest BCUT2D eigenvalue weighted by Gasteiger charge is 2.54. The minimum Gasteiger partial charge on any atom is -0.325 e. The number of hydrogen-bond donors (Lipinski definition) is 2. The lowest BCUT2D eigenvalue weighted by atomic mass is 9.65. The van der Waals surface area contributed by atoms with Crippen LogP contribution in [0.25, 0.3) is 0 Å². The lowest BCUT2D eigenvalue weighted by molar-refractivity contribution is -0.129. The molecule has 1 unspecified atom stereocenters. The SMILES string of the molecule is NC1C(=O)CC2(CCC(N)(Cc3ccccc3)CC2)C1=O. The van der Waals surface area contributed by atoms with Crippen molar-refractivity contribution in [1.82, 2.24) is 0 Å².